The zero-order chi connectivity index (χ0) is 10.6. The van der Waals surface area contributed by atoms with Gasteiger partial charge in [0.15, 0.2) is 0 Å². The Morgan fingerprint density at radius 3 is 2.86 bits per heavy atom. The Hall–Kier alpha value is -1.43. The third kappa shape index (κ3) is 2.53. The van der Waals surface area contributed by atoms with Gasteiger partial charge in [0, 0.05) is 12.5 Å². The van der Waals surface area contributed by atoms with Crippen LogP contribution < -0.4 is 5.32 Å². The largest absolute Gasteiger partial charge is 0.395 e. The van der Waals surface area contributed by atoms with E-state index >= 15 is 0 Å². The quantitative estimate of drug-likeness (QED) is 0.616. The average molecular weight is 198 g/mol. The molecule has 0 saturated carbocycles. The molecule has 3 N–H and O–H groups in total. The molecule has 0 aliphatic carbocycles. The minimum absolute atomic E-state index is 0.0901. The van der Waals surface area contributed by atoms with E-state index in [9.17, 15) is 4.79 Å². The minimum atomic E-state index is -0.373. The number of carbonyl (C=O) groups is 1. The Bertz CT molecular complexity index is 308. The summed E-state index contributed by atoms with van der Waals surface area (Å²) in [6.45, 7) is 4.03. The molecule has 0 aromatic carbocycles. The Kier molecular flexibility index (Phi) is 3.58. The molecule has 6 nitrogen and oxygen atoms in total. The monoisotopic (exact) mass is 198 g/mol. The van der Waals surface area contributed by atoms with E-state index in [4.69, 9.17) is 5.11 Å². The number of H-pyrrole nitrogens is 1. The zero-order valence-corrected chi connectivity index (χ0v) is 8.24. The fourth-order valence-corrected chi connectivity index (χ4v) is 0.883. The Morgan fingerprint density at radius 1 is 1.64 bits per heavy atom. The van der Waals surface area contributed by atoms with Gasteiger partial charge in [-0.05, 0) is 0 Å². The van der Waals surface area contributed by atoms with Crippen LogP contribution in [-0.2, 0) is 0 Å². The maximum absolute atomic E-state index is 11.3. The van der Waals surface area contributed by atoms with E-state index in [0.717, 1.165) is 0 Å². The fraction of sp³-hybridized carbons (Fsp3) is 0.625. The molecule has 0 radical (unpaired) electrons. The summed E-state index contributed by atoms with van der Waals surface area (Å²) in [6, 6.07) is 0. The number of hydrogen-bond donors (Lipinski definition) is 3. The van der Waals surface area contributed by atoms with E-state index in [1.165, 1.54) is 0 Å². The molecule has 0 unspecified atom stereocenters. The number of rotatable bonds is 4. The number of carbonyl (C=O) groups excluding carboxylic acids is 1. The third-order valence-electron chi connectivity index (χ3n) is 1.65. The van der Waals surface area contributed by atoms with Crippen molar-refractivity contribution in [2.24, 2.45) is 0 Å². The standard InChI is InChI=1S/C8H14N4O2/c1-5(2)6-10-7(12-11-6)8(14)9-3-4-13/h5,13H,3-4H2,1-2H3,(H,9,14)(H,10,11,12). The summed E-state index contributed by atoms with van der Waals surface area (Å²) in [4.78, 5) is 15.3. The molecule has 6 heteroatoms. The van der Waals surface area contributed by atoms with Gasteiger partial charge in [0.25, 0.3) is 5.91 Å². The van der Waals surface area contributed by atoms with Crippen LogP contribution in [0.3, 0.4) is 0 Å². The van der Waals surface area contributed by atoms with Crippen molar-refractivity contribution >= 4 is 5.91 Å². The number of nitrogens with one attached hydrogen (secondary N) is 2. The molecule has 1 heterocycles. The summed E-state index contributed by atoms with van der Waals surface area (Å²) in [5, 5.41) is 17.4. The van der Waals surface area contributed by atoms with Gasteiger partial charge in [-0.15, -0.1) is 5.10 Å². The first-order valence-electron chi connectivity index (χ1n) is 4.46. The normalized spacial score (nSPS) is 10.6. The van der Waals surface area contributed by atoms with Crippen molar-refractivity contribution in [1.29, 1.82) is 0 Å². The van der Waals surface area contributed by atoms with E-state index in [0.29, 0.717) is 5.82 Å². The predicted octanol–water partition coefficient (Wildman–Crippen LogP) is -0.350. The van der Waals surface area contributed by atoms with Crippen molar-refractivity contribution in [3.8, 4) is 0 Å². The van der Waals surface area contributed by atoms with Gasteiger partial charge >= 0.3 is 0 Å². The van der Waals surface area contributed by atoms with Gasteiger partial charge in [-0.2, -0.15) is 0 Å². The van der Waals surface area contributed by atoms with E-state index < -0.39 is 0 Å². The van der Waals surface area contributed by atoms with Gasteiger partial charge in [-0.25, -0.2) is 4.98 Å². The highest BCUT2D eigenvalue weighted by Gasteiger charge is 2.12. The molecule has 0 spiro atoms. The molecule has 1 aromatic rings. The SMILES string of the molecule is CC(C)c1nc(C(=O)NCCO)n[nH]1. The molecular formula is C8H14N4O2. The van der Waals surface area contributed by atoms with Crippen molar-refractivity contribution in [2.45, 2.75) is 19.8 Å². The van der Waals surface area contributed by atoms with Crippen LogP contribution in [-0.4, -0.2) is 39.3 Å². The van der Waals surface area contributed by atoms with Crippen molar-refractivity contribution in [3.63, 3.8) is 0 Å². The summed E-state index contributed by atoms with van der Waals surface area (Å²) in [6.07, 6.45) is 0. The van der Waals surface area contributed by atoms with Crippen LogP contribution in [0, 0.1) is 0 Å². The van der Waals surface area contributed by atoms with Crippen LogP contribution in [0.2, 0.25) is 0 Å². The molecule has 0 aliphatic heterocycles. The van der Waals surface area contributed by atoms with Gasteiger partial charge in [0.05, 0.1) is 6.61 Å². The Morgan fingerprint density at radius 2 is 2.36 bits per heavy atom. The van der Waals surface area contributed by atoms with Crippen LogP contribution in [0.4, 0.5) is 0 Å². The molecule has 1 amide bonds. The molecule has 0 fully saturated rings. The predicted molar refractivity (Wildman–Crippen MR) is 49.9 cm³/mol. The highest BCUT2D eigenvalue weighted by molar-refractivity contribution is 5.90. The number of aliphatic hydroxyl groups excluding tert-OH is 1. The molecule has 1 aromatic heterocycles. The lowest BCUT2D eigenvalue weighted by Crippen LogP contribution is -2.27. The van der Waals surface area contributed by atoms with E-state index in [1.807, 2.05) is 13.8 Å². The summed E-state index contributed by atoms with van der Waals surface area (Å²) >= 11 is 0. The van der Waals surface area contributed by atoms with Gasteiger partial charge in [0.2, 0.25) is 5.82 Å². The molecule has 0 bridgehead atoms. The van der Waals surface area contributed by atoms with Crippen LogP contribution in [0.25, 0.3) is 0 Å². The zero-order valence-electron chi connectivity index (χ0n) is 8.24. The molecule has 0 atom stereocenters. The smallest absolute Gasteiger partial charge is 0.291 e. The lowest BCUT2D eigenvalue weighted by molar-refractivity contribution is 0.0934. The number of aromatic amines is 1. The van der Waals surface area contributed by atoms with E-state index in [2.05, 4.69) is 20.5 Å². The van der Waals surface area contributed by atoms with Crippen molar-refractivity contribution in [2.75, 3.05) is 13.2 Å². The molecular weight excluding hydrogens is 184 g/mol. The van der Waals surface area contributed by atoms with Gasteiger partial charge in [0.1, 0.15) is 5.82 Å². The number of aliphatic hydroxyl groups is 1. The fourth-order valence-electron chi connectivity index (χ4n) is 0.883. The molecule has 0 aliphatic rings. The Balaban J connectivity index is 2.62. The number of hydrogen-bond acceptors (Lipinski definition) is 4. The number of aromatic nitrogens is 3. The van der Waals surface area contributed by atoms with Crippen LogP contribution in [0.1, 0.15) is 36.2 Å². The summed E-state index contributed by atoms with van der Waals surface area (Å²) in [5.41, 5.74) is 0. The van der Waals surface area contributed by atoms with Crippen molar-refractivity contribution < 1.29 is 9.90 Å². The number of amides is 1. The third-order valence-corrected chi connectivity index (χ3v) is 1.65. The van der Waals surface area contributed by atoms with Crippen LogP contribution in [0.5, 0.6) is 0 Å². The molecule has 1 rings (SSSR count). The highest BCUT2D eigenvalue weighted by Crippen LogP contribution is 2.07. The maximum atomic E-state index is 11.3. The number of nitrogens with zero attached hydrogens (tertiary/aromatic N) is 2. The second-order valence-electron chi connectivity index (χ2n) is 3.18. The molecule has 14 heavy (non-hydrogen) atoms. The first-order valence-corrected chi connectivity index (χ1v) is 4.46. The molecule has 78 valence electrons. The minimum Gasteiger partial charge on any atom is -0.395 e. The second kappa shape index (κ2) is 4.71. The topological polar surface area (TPSA) is 90.9 Å². The van der Waals surface area contributed by atoms with Crippen LogP contribution >= 0.6 is 0 Å². The summed E-state index contributed by atoms with van der Waals surface area (Å²) in [5.74, 6) is 0.630. The van der Waals surface area contributed by atoms with Crippen molar-refractivity contribution in [3.05, 3.63) is 11.6 Å². The molecule has 0 saturated heterocycles. The van der Waals surface area contributed by atoms with Crippen LogP contribution in [0.15, 0.2) is 0 Å². The van der Waals surface area contributed by atoms with Gasteiger partial charge in [-0.1, -0.05) is 13.8 Å². The first-order chi connectivity index (χ1) is 6.65. The summed E-state index contributed by atoms with van der Waals surface area (Å²) < 4.78 is 0. The average Bonchev–Trinajstić information content (AvgIpc) is 2.62. The van der Waals surface area contributed by atoms with Gasteiger partial charge < -0.3 is 10.4 Å². The van der Waals surface area contributed by atoms with Gasteiger partial charge in [-0.3, -0.25) is 9.89 Å². The van der Waals surface area contributed by atoms with E-state index in [-0.39, 0.29) is 30.8 Å². The lowest BCUT2D eigenvalue weighted by Gasteiger charge is -1.97. The lowest BCUT2D eigenvalue weighted by atomic mass is 10.2. The Labute approximate surface area is 81.7 Å². The first kappa shape index (κ1) is 10.6. The second-order valence-corrected chi connectivity index (χ2v) is 3.18. The maximum Gasteiger partial charge on any atom is 0.291 e. The highest BCUT2D eigenvalue weighted by atomic mass is 16.3. The van der Waals surface area contributed by atoms with Crippen molar-refractivity contribution in [1.82, 2.24) is 20.5 Å². The summed E-state index contributed by atoms with van der Waals surface area (Å²) in [7, 11) is 0. The van der Waals surface area contributed by atoms with E-state index in [1.54, 1.807) is 0 Å².